The van der Waals surface area contributed by atoms with Crippen LogP contribution in [0, 0.1) is 5.82 Å². The Bertz CT molecular complexity index is 780. The molecule has 132 valence electrons. The maximum absolute atomic E-state index is 12.9. The monoisotopic (exact) mass is 348 g/mol. The molecule has 0 bridgehead atoms. The van der Waals surface area contributed by atoms with Gasteiger partial charge >= 0.3 is 6.03 Å². The highest BCUT2D eigenvalue weighted by molar-refractivity contribution is 5.74. The average molecular weight is 348 g/mol. The summed E-state index contributed by atoms with van der Waals surface area (Å²) < 4.78 is 12.9. The number of rotatable bonds is 6. The molecular formula is C22H21FN2O. The van der Waals surface area contributed by atoms with Crippen molar-refractivity contribution in [3.63, 3.8) is 0 Å². The van der Waals surface area contributed by atoms with E-state index in [-0.39, 0.29) is 17.8 Å². The van der Waals surface area contributed by atoms with E-state index in [9.17, 15) is 9.18 Å². The Morgan fingerprint density at radius 2 is 1.31 bits per heavy atom. The van der Waals surface area contributed by atoms with E-state index in [0.717, 1.165) is 16.7 Å². The lowest BCUT2D eigenvalue weighted by molar-refractivity contribution is 0.240. The molecule has 0 aromatic heterocycles. The second-order valence-electron chi connectivity index (χ2n) is 6.06. The molecule has 0 atom stereocenters. The van der Waals surface area contributed by atoms with E-state index in [1.807, 2.05) is 36.4 Å². The lowest BCUT2D eigenvalue weighted by Gasteiger charge is -2.19. The van der Waals surface area contributed by atoms with E-state index in [2.05, 4.69) is 34.9 Å². The number of benzene rings is 3. The average Bonchev–Trinajstić information content (AvgIpc) is 2.69. The molecule has 0 spiro atoms. The summed E-state index contributed by atoms with van der Waals surface area (Å²) in [7, 11) is 0. The normalized spacial score (nSPS) is 10.5. The van der Waals surface area contributed by atoms with Gasteiger partial charge in [-0.15, -0.1) is 0 Å². The number of carbonyl (C=O) groups excluding carboxylic acids is 1. The summed E-state index contributed by atoms with van der Waals surface area (Å²) in [5.74, 6) is -0.208. The van der Waals surface area contributed by atoms with E-state index in [1.54, 1.807) is 12.1 Å². The van der Waals surface area contributed by atoms with Crippen molar-refractivity contribution in [3.05, 3.63) is 107 Å². The van der Waals surface area contributed by atoms with Gasteiger partial charge in [0.05, 0.1) is 0 Å². The minimum absolute atomic E-state index is 0.0778. The van der Waals surface area contributed by atoms with E-state index in [0.29, 0.717) is 13.1 Å². The summed E-state index contributed by atoms with van der Waals surface area (Å²) >= 11 is 0. The molecule has 2 amide bonds. The Kier molecular flexibility index (Phi) is 5.99. The maximum Gasteiger partial charge on any atom is 0.315 e. The zero-order valence-electron chi connectivity index (χ0n) is 14.4. The molecule has 0 fully saturated rings. The standard InChI is InChI=1S/C22H21FN2O/c23-20-13-11-17(12-14-20)15-24-22(26)25-16-21(18-7-3-1-4-8-18)19-9-5-2-6-10-19/h1-14,21H,15-16H2,(H2,24,25,26). The minimum Gasteiger partial charge on any atom is -0.337 e. The molecule has 0 unspecified atom stereocenters. The van der Waals surface area contributed by atoms with Crippen LogP contribution in [0.5, 0.6) is 0 Å². The number of urea groups is 1. The fourth-order valence-electron chi connectivity index (χ4n) is 2.84. The zero-order valence-corrected chi connectivity index (χ0v) is 14.4. The van der Waals surface area contributed by atoms with Crippen molar-refractivity contribution in [2.75, 3.05) is 6.54 Å². The summed E-state index contributed by atoms with van der Waals surface area (Å²) in [4.78, 5) is 12.2. The van der Waals surface area contributed by atoms with Crippen LogP contribution < -0.4 is 10.6 Å². The molecule has 0 heterocycles. The van der Waals surface area contributed by atoms with Gasteiger partial charge in [-0.3, -0.25) is 0 Å². The summed E-state index contributed by atoms with van der Waals surface area (Å²) in [6, 6.07) is 26.1. The summed E-state index contributed by atoms with van der Waals surface area (Å²) in [6.07, 6.45) is 0. The smallest absolute Gasteiger partial charge is 0.315 e. The first-order valence-corrected chi connectivity index (χ1v) is 8.58. The number of amides is 2. The van der Waals surface area contributed by atoms with Gasteiger partial charge < -0.3 is 10.6 Å². The van der Waals surface area contributed by atoms with Crippen LogP contribution in [0.1, 0.15) is 22.6 Å². The van der Waals surface area contributed by atoms with Gasteiger partial charge in [-0.2, -0.15) is 0 Å². The van der Waals surface area contributed by atoms with Gasteiger partial charge in [0.1, 0.15) is 5.82 Å². The predicted octanol–water partition coefficient (Wildman–Crippen LogP) is 4.46. The molecule has 3 rings (SSSR count). The first kappa shape index (κ1) is 17.7. The van der Waals surface area contributed by atoms with Crippen molar-refractivity contribution in [2.24, 2.45) is 0 Å². The summed E-state index contributed by atoms with van der Waals surface area (Å²) in [6.45, 7) is 0.844. The zero-order chi connectivity index (χ0) is 18.2. The molecule has 26 heavy (non-hydrogen) atoms. The Morgan fingerprint density at radius 1 is 0.769 bits per heavy atom. The third kappa shape index (κ3) is 4.93. The fourth-order valence-corrected chi connectivity index (χ4v) is 2.84. The highest BCUT2D eigenvalue weighted by Crippen LogP contribution is 2.23. The number of halogens is 1. The van der Waals surface area contributed by atoms with E-state index in [4.69, 9.17) is 0 Å². The summed E-state index contributed by atoms with van der Waals surface area (Å²) in [5, 5.41) is 5.74. The molecule has 0 aliphatic carbocycles. The SMILES string of the molecule is O=C(NCc1ccc(F)cc1)NCC(c1ccccc1)c1ccccc1. The molecule has 0 aliphatic rings. The van der Waals surface area contributed by atoms with Crippen LogP contribution in [0.3, 0.4) is 0 Å². The molecule has 0 saturated carbocycles. The Hall–Kier alpha value is -3.14. The van der Waals surface area contributed by atoms with Gasteiger partial charge in [-0.05, 0) is 28.8 Å². The molecule has 0 radical (unpaired) electrons. The topological polar surface area (TPSA) is 41.1 Å². The van der Waals surface area contributed by atoms with Crippen LogP contribution in [0.2, 0.25) is 0 Å². The van der Waals surface area contributed by atoms with Gasteiger partial charge in [0, 0.05) is 19.0 Å². The van der Waals surface area contributed by atoms with E-state index in [1.165, 1.54) is 12.1 Å². The van der Waals surface area contributed by atoms with Crippen molar-refractivity contribution in [2.45, 2.75) is 12.5 Å². The third-order valence-electron chi connectivity index (χ3n) is 4.24. The number of hydrogen-bond donors (Lipinski definition) is 2. The lowest BCUT2D eigenvalue weighted by atomic mass is 9.91. The van der Waals surface area contributed by atoms with Crippen molar-refractivity contribution < 1.29 is 9.18 Å². The second kappa shape index (κ2) is 8.81. The van der Waals surface area contributed by atoms with Crippen LogP contribution in [-0.4, -0.2) is 12.6 Å². The van der Waals surface area contributed by atoms with Gasteiger partial charge in [-0.1, -0.05) is 72.8 Å². The quantitative estimate of drug-likeness (QED) is 0.679. The molecule has 3 aromatic carbocycles. The van der Waals surface area contributed by atoms with Crippen LogP contribution in [0.15, 0.2) is 84.9 Å². The molecule has 3 aromatic rings. The predicted molar refractivity (Wildman–Crippen MR) is 101 cm³/mol. The highest BCUT2D eigenvalue weighted by Gasteiger charge is 2.14. The van der Waals surface area contributed by atoms with Crippen molar-refractivity contribution in [1.82, 2.24) is 10.6 Å². The van der Waals surface area contributed by atoms with Gasteiger partial charge in [0.25, 0.3) is 0 Å². The van der Waals surface area contributed by atoms with Gasteiger partial charge in [0.15, 0.2) is 0 Å². The summed E-state index contributed by atoms with van der Waals surface area (Å²) in [5.41, 5.74) is 3.15. The number of carbonyl (C=O) groups is 1. The molecule has 0 aliphatic heterocycles. The largest absolute Gasteiger partial charge is 0.337 e. The second-order valence-corrected chi connectivity index (χ2v) is 6.06. The fraction of sp³-hybridized carbons (Fsp3) is 0.136. The van der Waals surface area contributed by atoms with Crippen molar-refractivity contribution in [1.29, 1.82) is 0 Å². The molecule has 2 N–H and O–H groups in total. The first-order chi connectivity index (χ1) is 12.7. The first-order valence-electron chi connectivity index (χ1n) is 8.58. The molecule has 4 heteroatoms. The van der Waals surface area contributed by atoms with Crippen LogP contribution in [0.25, 0.3) is 0 Å². The van der Waals surface area contributed by atoms with E-state index < -0.39 is 0 Å². The lowest BCUT2D eigenvalue weighted by Crippen LogP contribution is -2.37. The highest BCUT2D eigenvalue weighted by atomic mass is 19.1. The van der Waals surface area contributed by atoms with Crippen LogP contribution in [-0.2, 0) is 6.54 Å². The van der Waals surface area contributed by atoms with Gasteiger partial charge in [-0.25, -0.2) is 9.18 Å². The molecule has 3 nitrogen and oxygen atoms in total. The molecular weight excluding hydrogens is 327 g/mol. The Balaban J connectivity index is 1.60. The number of hydrogen-bond acceptors (Lipinski definition) is 1. The van der Waals surface area contributed by atoms with Gasteiger partial charge in [0.2, 0.25) is 0 Å². The minimum atomic E-state index is -0.285. The Morgan fingerprint density at radius 3 is 1.85 bits per heavy atom. The van der Waals surface area contributed by atoms with Crippen LogP contribution >= 0.6 is 0 Å². The van der Waals surface area contributed by atoms with Crippen molar-refractivity contribution >= 4 is 6.03 Å². The van der Waals surface area contributed by atoms with Crippen LogP contribution in [0.4, 0.5) is 9.18 Å². The number of nitrogens with one attached hydrogen (secondary N) is 2. The van der Waals surface area contributed by atoms with E-state index >= 15 is 0 Å². The van der Waals surface area contributed by atoms with Crippen molar-refractivity contribution in [3.8, 4) is 0 Å². The molecule has 0 saturated heterocycles. The maximum atomic E-state index is 12.9. The Labute approximate surface area is 152 Å². The third-order valence-corrected chi connectivity index (χ3v) is 4.24.